The lowest BCUT2D eigenvalue weighted by Crippen LogP contribution is -1.78. The third kappa shape index (κ3) is 1.20. The second-order valence-corrected chi connectivity index (χ2v) is 1.90. The number of hydrogen-bond donors (Lipinski definition) is 0. The van der Waals surface area contributed by atoms with Crippen molar-refractivity contribution in [2.45, 2.75) is 6.00 Å². The van der Waals surface area contributed by atoms with Gasteiger partial charge in [-0.05, 0) is 6.00 Å². The number of hydrogen-bond acceptors (Lipinski definition) is 0. The van der Waals surface area contributed by atoms with Crippen LogP contribution in [-0.4, -0.2) is 10.2 Å². The normalized spacial score (nSPS) is 14.6. The first-order valence-electron chi connectivity index (χ1n) is 3.51. The SMILES string of the molecule is [2H]C([2H])([SiH2])c1ccccc1. The zero-order valence-corrected chi connectivity index (χ0v) is 6.01. The van der Waals surface area contributed by atoms with Gasteiger partial charge in [-0.3, -0.25) is 0 Å². The second-order valence-electron chi connectivity index (χ2n) is 1.54. The molecule has 0 aliphatic heterocycles. The van der Waals surface area contributed by atoms with Gasteiger partial charge in [0.1, 0.15) is 0 Å². The highest BCUT2D eigenvalue weighted by Crippen LogP contribution is 1.95. The Balaban J connectivity index is 2.97. The van der Waals surface area contributed by atoms with Gasteiger partial charge >= 0.3 is 0 Å². The molecule has 1 aromatic carbocycles. The molecule has 0 spiro atoms. The molecule has 0 bridgehead atoms. The van der Waals surface area contributed by atoms with Crippen LogP contribution in [-0.2, 0) is 6.00 Å². The van der Waals surface area contributed by atoms with Crippen LogP contribution in [0.1, 0.15) is 8.30 Å². The molecule has 8 heavy (non-hydrogen) atoms. The highest BCUT2D eigenvalue weighted by atomic mass is 28.1. The van der Waals surface area contributed by atoms with Crippen LogP contribution in [0.25, 0.3) is 0 Å². The Hall–Kier alpha value is -0.563. The molecule has 0 atom stereocenters. The van der Waals surface area contributed by atoms with Gasteiger partial charge in [-0.15, -0.1) is 0 Å². The van der Waals surface area contributed by atoms with E-state index in [2.05, 4.69) is 0 Å². The first-order valence-corrected chi connectivity index (χ1v) is 3.22. The van der Waals surface area contributed by atoms with Crippen molar-refractivity contribution >= 4 is 10.2 Å². The minimum atomic E-state index is -1.18. The van der Waals surface area contributed by atoms with Gasteiger partial charge in [-0.1, -0.05) is 35.9 Å². The highest BCUT2D eigenvalue weighted by molar-refractivity contribution is 6.08. The van der Waals surface area contributed by atoms with Gasteiger partial charge in [0, 0.05) is 13.0 Å². The van der Waals surface area contributed by atoms with Crippen molar-refractivity contribution in [3.63, 3.8) is 0 Å². The third-order valence-corrected chi connectivity index (χ3v) is 1.39. The van der Waals surface area contributed by atoms with E-state index in [0.29, 0.717) is 0 Å². The first-order chi connectivity index (χ1) is 4.61. The average molecular weight is 123 g/mol. The fourth-order valence-electron chi connectivity index (χ4n) is 0.556. The van der Waals surface area contributed by atoms with Crippen molar-refractivity contribution in [1.29, 1.82) is 0 Å². The predicted molar refractivity (Wildman–Crippen MR) is 38.7 cm³/mol. The summed E-state index contributed by atoms with van der Waals surface area (Å²) in [7, 11) is 1.36. The molecule has 41 valence electrons. The van der Waals surface area contributed by atoms with E-state index in [9.17, 15) is 0 Å². The summed E-state index contributed by atoms with van der Waals surface area (Å²) < 4.78 is 14.7. The summed E-state index contributed by atoms with van der Waals surface area (Å²) in [6.07, 6.45) is 0. The van der Waals surface area contributed by atoms with Gasteiger partial charge in [0.25, 0.3) is 0 Å². The number of benzene rings is 1. The molecule has 0 fully saturated rings. The summed E-state index contributed by atoms with van der Waals surface area (Å²) >= 11 is 0. The molecule has 1 aromatic rings. The maximum atomic E-state index is 7.35. The minimum absolute atomic E-state index is 0.744. The lowest BCUT2D eigenvalue weighted by Gasteiger charge is -1.89. The molecule has 0 unspecified atom stereocenters. The third-order valence-electron chi connectivity index (χ3n) is 0.978. The molecule has 0 saturated carbocycles. The molecule has 1 rings (SSSR count). The standard InChI is InChI=1S/C7H9Si/c8-6-7-4-2-1-3-5-7/h1-5H,6,8H2/i6D2. The first kappa shape index (κ1) is 3.46. The topological polar surface area (TPSA) is 0 Å². The predicted octanol–water partition coefficient (Wildman–Crippen LogP) is 0.820. The van der Waals surface area contributed by atoms with Crippen molar-refractivity contribution < 1.29 is 2.74 Å². The van der Waals surface area contributed by atoms with E-state index in [1.54, 1.807) is 12.1 Å². The van der Waals surface area contributed by atoms with Crippen LogP contribution in [0.4, 0.5) is 0 Å². The van der Waals surface area contributed by atoms with Crippen molar-refractivity contribution in [3.8, 4) is 0 Å². The van der Waals surface area contributed by atoms with Crippen molar-refractivity contribution in [3.05, 3.63) is 35.9 Å². The molecule has 0 amide bonds. The summed E-state index contributed by atoms with van der Waals surface area (Å²) in [5.41, 5.74) is 0.744. The maximum Gasteiger partial charge on any atom is 0.0275 e. The van der Waals surface area contributed by atoms with Gasteiger partial charge in [0.15, 0.2) is 0 Å². The molecule has 0 aliphatic rings. The van der Waals surface area contributed by atoms with Crippen molar-refractivity contribution in [1.82, 2.24) is 0 Å². The van der Waals surface area contributed by atoms with E-state index in [-0.39, 0.29) is 0 Å². The van der Waals surface area contributed by atoms with Crippen LogP contribution in [0.2, 0.25) is 0 Å². The average Bonchev–Trinajstić information content (AvgIpc) is 1.88. The van der Waals surface area contributed by atoms with Gasteiger partial charge in [0.2, 0.25) is 0 Å². The van der Waals surface area contributed by atoms with E-state index in [1.165, 1.54) is 10.2 Å². The second kappa shape index (κ2) is 2.67. The molecule has 0 aromatic heterocycles. The molecule has 1 heteroatoms. The lowest BCUT2D eigenvalue weighted by atomic mass is 10.2. The maximum absolute atomic E-state index is 7.35. The number of rotatable bonds is 1. The van der Waals surface area contributed by atoms with Crippen LogP contribution in [0, 0.1) is 0 Å². The molecular weight excluding hydrogens is 112 g/mol. The molecule has 1 radical (unpaired) electrons. The minimum Gasteiger partial charge on any atom is -0.0622 e. The van der Waals surface area contributed by atoms with Crippen LogP contribution in [0.15, 0.2) is 30.3 Å². The Kier molecular flexibility index (Phi) is 1.16. The lowest BCUT2D eigenvalue weighted by molar-refractivity contribution is 1.40. The molecule has 0 N–H and O–H groups in total. The van der Waals surface area contributed by atoms with Crippen molar-refractivity contribution in [2.75, 3.05) is 0 Å². The van der Waals surface area contributed by atoms with E-state index >= 15 is 0 Å². The Labute approximate surface area is 55.8 Å². The summed E-state index contributed by atoms with van der Waals surface area (Å²) in [5.74, 6) is -1.18. The molecule has 0 heterocycles. The van der Waals surface area contributed by atoms with E-state index in [1.807, 2.05) is 18.2 Å². The largest absolute Gasteiger partial charge is 0.0622 e. The quantitative estimate of drug-likeness (QED) is 0.485. The monoisotopic (exact) mass is 123 g/mol. The zero-order chi connectivity index (χ0) is 7.61. The highest BCUT2D eigenvalue weighted by Gasteiger charge is 1.80. The zero-order valence-electron chi connectivity index (χ0n) is 6.59. The van der Waals surface area contributed by atoms with E-state index in [0.717, 1.165) is 5.56 Å². The summed E-state index contributed by atoms with van der Waals surface area (Å²) in [5, 5.41) is 0. The van der Waals surface area contributed by atoms with Gasteiger partial charge in [-0.2, -0.15) is 0 Å². The van der Waals surface area contributed by atoms with E-state index < -0.39 is 6.00 Å². The smallest absolute Gasteiger partial charge is 0.0275 e. The van der Waals surface area contributed by atoms with Crippen LogP contribution in [0.5, 0.6) is 0 Å². The summed E-state index contributed by atoms with van der Waals surface area (Å²) in [6.45, 7) is 0. The van der Waals surface area contributed by atoms with E-state index in [4.69, 9.17) is 2.74 Å². The Morgan fingerprint density at radius 1 is 1.38 bits per heavy atom. The molecule has 0 aliphatic carbocycles. The van der Waals surface area contributed by atoms with Crippen molar-refractivity contribution in [2.24, 2.45) is 0 Å². The Morgan fingerprint density at radius 2 is 2.00 bits per heavy atom. The van der Waals surface area contributed by atoms with Crippen LogP contribution in [0.3, 0.4) is 0 Å². The fourth-order valence-corrected chi connectivity index (χ4v) is 0.792. The molecule has 0 nitrogen and oxygen atoms in total. The Bertz CT molecular complexity index is 203. The van der Waals surface area contributed by atoms with Gasteiger partial charge in [0.05, 0.1) is 0 Å². The fraction of sp³-hybridized carbons (Fsp3) is 0.143. The Morgan fingerprint density at radius 3 is 2.38 bits per heavy atom. The van der Waals surface area contributed by atoms with Gasteiger partial charge < -0.3 is 0 Å². The molecule has 0 saturated heterocycles. The molecular formula is C7H9Si. The summed E-state index contributed by atoms with van der Waals surface area (Å²) in [4.78, 5) is 0. The van der Waals surface area contributed by atoms with Gasteiger partial charge in [-0.25, -0.2) is 0 Å². The van der Waals surface area contributed by atoms with Crippen LogP contribution < -0.4 is 0 Å². The van der Waals surface area contributed by atoms with Crippen LogP contribution >= 0.6 is 0 Å². The summed E-state index contributed by atoms with van der Waals surface area (Å²) in [6, 6.07) is 9.18.